The molecule has 3 aromatic rings. The molecule has 1 N–H and O–H groups in total. The maximum atomic E-state index is 12.6. The van der Waals surface area contributed by atoms with Gasteiger partial charge in [0, 0.05) is 21.7 Å². The molecule has 0 saturated carbocycles. The minimum Gasteiger partial charge on any atom is -0.465 e. The standard InChI is InChI=1S/C22H22N2O5S2/c1-12-19(22(27)28-4)13(2)23-20(12)17(25)9-29-21(26)16-7-5-6-8-18(16)31-11-15-10-30-14(3)24-15/h5-8,10,23H,9,11H2,1-4H3. The van der Waals surface area contributed by atoms with Crippen molar-refractivity contribution >= 4 is 40.8 Å². The number of ketones is 1. The average Bonchev–Trinajstić information content (AvgIpc) is 3.31. The van der Waals surface area contributed by atoms with E-state index in [9.17, 15) is 14.4 Å². The van der Waals surface area contributed by atoms with Crippen molar-refractivity contribution in [2.75, 3.05) is 13.7 Å². The third-order valence-electron chi connectivity index (χ3n) is 4.59. The highest BCUT2D eigenvalue weighted by Crippen LogP contribution is 2.27. The van der Waals surface area contributed by atoms with Crippen molar-refractivity contribution in [3.05, 3.63) is 68.4 Å². The maximum absolute atomic E-state index is 12.6. The first-order chi connectivity index (χ1) is 14.8. The Morgan fingerprint density at radius 3 is 2.55 bits per heavy atom. The zero-order valence-electron chi connectivity index (χ0n) is 17.6. The topological polar surface area (TPSA) is 98.4 Å². The van der Waals surface area contributed by atoms with Crippen LogP contribution in [0, 0.1) is 20.8 Å². The molecule has 0 unspecified atom stereocenters. The second-order valence-corrected chi connectivity index (χ2v) is 8.84. The van der Waals surface area contributed by atoms with Crippen LogP contribution in [0.5, 0.6) is 0 Å². The van der Waals surface area contributed by atoms with Crippen molar-refractivity contribution in [3.63, 3.8) is 0 Å². The number of thiazole rings is 1. The van der Waals surface area contributed by atoms with Crippen LogP contribution in [-0.2, 0) is 15.2 Å². The molecule has 31 heavy (non-hydrogen) atoms. The molecule has 1 aromatic carbocycles. The van der Waals surface area contributed by atoms with Crippen LogP contribution in [0.15, 0.2) is 34.5 Å². The molecule has 0 atom stereocenters. The zero-order valence-corrected chi connectivity index (χ0v) is 19.2. The number of esters is 2. The molecule has 0 fully saturated rings. The van der Waals surface area contributed by atoms with E-state index in [1.165, 1.54) is 18.9 Å². The van der Waals surface area contributed by atoms with Gasteiger partial charge < -0.3 is 14.5 Å². The summed E-state index contributed by atoms with van der Waals surface area (Å²) in [5.41, 5.74) is 2.88. The molecule has 0 radical (unpaired) electrons. The normalized spacial score (nSPS) is 10.7. The van der Waals surface area contributed by atoms with Crippen molar-refractivity contribution in [1.82, 2.24) is 9.97 Å². The second-order valence-electron chi connectivity index (χ2n) is 6.76. The number of Topliss-reactive ketones (excluding diaryl/α,β-unsaturated/α-hetero) is 1. The molecule has 2 heterocycles. The number of ether oxygens (including phenoxy) is 2. The molecule has 9 heteroatoms. The van der Waals surface area contributed by atoms with Gasteiger partial charge in [-0.3, -0.25) is 4.79 Å². The second kappa shape index (κ2) is 9.93. The van der Waals surface area contributed by atoms with E-state index in [1.54, 1.807) is 37.3 Å². The van der Waals surface area contributed by atoms with Crippen molar-refractivity contribution < 1.29 is 23.9 Å². The van der Waals surface area contributed by atoms with Crippen LogP contribution in [0.25, 0.3) is 0 Å². The Bertz CT molecular complexity index is 1130. The van der Waals surface area contributed by atoms with Crippen molar-refractivity contribution in [2.24, 2.45) is 0 Å². The first kappa shape index (κ1) is 22.8. The van der Waals surface area contributed by atoms with Crippen LogP contribution < -0.4 is 0 Å². The number of H-pyrrole nitrogens is 1. The van der Waals surface area contributed by atoms with E-state index in [0.29, 0.717) is 28.1 Å². The third kappa shape index (κ3) is 5.23. The van der Waals surface area contributed by atoms with Crippen molar-refractivity contribution in [3.8, 4) is 0 Å². The lowest BCUT2D eigenvalue weighted by Gasteiger charge is -2.09. The molecular formula is C22H22N2O5S2. The summed E-state index contributed by atoms with van der Waals surface area (Å²) < 4.78 is 10.0. The lowest BCUT2D eigenvalue weighted by atomic mass is 10.1. The Hall–Kier alpha value is -2.91. The van der Waals surface area contributed by atoms with Gasteiger partial charge in [-0.15, -0.1) is 23.1 Å². The third-order valence-corrected chi connectivity index (χ3v) is 6.52. The lowest BCUT2D eigenvalue weighted by molar-refractivity contribution is 0.0469. The quantitative estimate of drug-likeness (QED) is 0.301. The summed E-state index contributed by atoms with van der Waals surface area (Å²) in [6.45, 7) is 4.84. The van der Waals surface area contributed by atoms with E-state index >= 15 is 0 Å². The summed E-state index contributed by atoms with van der Waals surface area (Å²) in [4.78, 5) is 45.2. The predicted octanol–water partition coefficient (Wildman–Crippen LogP) is 4.52. The van der Waals surface area contributed by atoms with Gasteiger partial charge in [-0.1, -0.05) is 12.1 Å². The van der Waals surface area contributed by atoms with Crippen LogP contribution in [-0.4, -0.2) is 41.4 Å². The SMILES string of the molecule is COC(=O)c1c(C)[nH]c(C(=O)COC(=O)c2ccccc2SCc2csc(C)n2)c1C. The van der Waals surface area contributed by atoms with Crippen LogP contribution in [0.4, 0.5) is 0 Å². The molecule has 7 nitrogen and oxygen atoms in total. The molecule has 0 amide bonds. The molecule has 162 valence electrons. The molecule has 3 rings (SSSR count). The number of hydrogen-bond donors (Lipinski definition) is 1. The number of methoxy groups -OCH3 is 1. The van der Waals surface area contributed by atoms with Gasteiger partial charge >= 0.3 is 11.9 Å². The summed E-state index contributed by atoms with van der Waals surface area (Å²) in [5.74, 6) is -0.902. The van der Waals surface area contributed by atoms with Crippen LogP contribution >= 0.6 is 23.1 Å². The van der Waals surface area contributed by atoms with Crippen LogP contribution in [0.3, 0.4) is 0 Å². The summed E-state index contributed by atoms with van der Waals surface area (Å²) in [7, 11) is 1.28. The predicted molar refractivity (Wildman–Crippen MR) is 119 cm³/mol. The Balaban J connectivity index is 1.67. The Labute approximate surface area is 188 Å². The van der Waals surface area contributed by atoms with Gasteiger partial charge in [-0.2, -0.15) is 0 Å². The number of aromatic amines is 1. The number of aryl methyl sites for hydroxylation is 2. The number of carbonyl (C=O) groups is 3. The number of aromatic nitrogens is 2. The van der Waals surface area contributed by atoms with E-state index in [-0.39, 0.29) is 5.69 Å². The fraction of sp³-hybridized carbons (Fsp3) is 0.273. The number of nitrogens with one attached hydrogen (secondary N) is 1. The Morgan fingerprint density at radius 2 is 1.87 bits per heavy atom. The van der Waals surface area contributed by atoms with Crippen molar-refractivity contribution in [1.29, 1.82) is 0 Å². The van der Waals surface area contributed by atoms with Gasteiger partial charge in [0.2, 0.25) is 5.78 Å². The van der Waals surface area contributed by atoms with Gasteiger partial charge in [-0.25, -0.2) is 14.6 Å². The number of rotatable bonds is 8. The summed E-state index contributed by atoms with van der Waals surface area (Å²) in [5, 5.41) is 2.98. The molecule has 0 aliphatic heterocycles. The zero-order chi connectivity index (χ0) is 22.5. The van der Waals surface area contributed by atoms with E-state index < -0.39 is 24.3 Å². The summed E-state index contributed by atoms with van der Waals surface area (Å²) >= 11 is 3.07. The molecule has 2 aromatic heterocycles. The molecule has 0 spiro atoms. The maximum Gasteiger partial charge on any atom is 0.339 e. The van der Waals surface area contributed by atoms with Gasteiger partial charge in [-0.05, 0) is 38.5 Å². The van der Waals surface area contributed by atoms with Gasteiger partial charge in [0.25, 0.3) is 0 Å². The molecule has 0 saturated heterocycles. The number of thioether (sulfide) groups is 1. The summed E-state index contributed by atoms with van der Waals surface area (Å²) in [6.07, 6.45) is 0. The highest BCUT2D eigenvalue weighted by Gasteiger charge is 2.23. The minimum absolute atomic E-state index is 0.229. The fourth-order valence-electron chi connectivity index (χ4n) is 3.11. The van der Waals surface area contributed by atoms with Gasteiger partial charge in [0.15, 0.2) is 6.61 Å². The minimum atomic E-state index is -0.583. The largest absolute Gasteiger partial charge is 0.465 e. The first-order valence-electron chi connectivity index (χ1n) is 9.42. The smallest absolute Gasteiger partial charge is 0.339 e. The lowest BCUT2D eigenvalue weighted by Crippen LogP contribution is -2.16. The van der Waals surface area contributed by atoms with Crippen molar-refractivity contribution in [2.45, 2.75) is 31.4 Å². The molecule has 0 bridgehead atoms. The first-order valence-corrected chi connectivity index (χ1v) is 11.3. The van der Waals surface area contributed by atoms with Gasteiger partial charge in [0.05, 0.1) is 34.6 Å². The number of hydrogen-bond acceptors (Lipinski definition) is 8. The summed E-state index contributed by atoms with van der Waals surface area (Å²) in [6, 6.07) is 7.09. The van der Waals surface area contributed by atoms with E-state index in [1.807, 2.05) is 24.4 Å². The number of nitrogens with zero attached hydrogens (tertiary/aromatic N) is 1. The van der Waals surface area contributed by atoms with E-state index in [2.05, 4.69) is 9.97 Å². The molecule has 0 aliphatic rings. The monoisotopic (exact) mass is 458 g/mol. The van der Waals surface area contributed by atoms with Crippen LogP contribution in [0.1, 0.15) is 53.2 Å². The van der Waals surface area contributed by atoms with Crippen LogP contribution in [0.2, 0.25) is 0 Å². The van der Waals surface area contributed by atoms with Gasteiger partial charge in [0.1, 0.15) is 0 Å². The fourth-order valence-corrected chi connectivity index (χ4v) is 4.76. The van der Waals surface area contributed by atoms with E-state index in [0.717, 1.165) is 15.6 Å². The highest BCUT2D eigenvalue weighted by atomic mass is 32.2. The molecule has 0 aliphatic carbocycles. The number of carbonyl (C=O) groups excluding carboxylic acids is 3. The number of benzene rings is 1. The molecular weight excluding hydrogens is 436 g/mol. The highest BCUT2D eigenvalue weighted by molar-refractivity contribution is 7.98. The average molecular weight is 459 g/mol. The van der Waals surface area contributed by atoms with E-state index in [4.69, 9.17) is 9.47 Å². The Morgan fingerprint density at radius 1 is 1.13 bits per heavy atom. The Kier molecular flexibility index (Phi) is 7.29.